The molecule has 1 amide bonds. The average Bonchev–Trinajstić information content (AvgIpc) is 2.71. The van der Waals surface area contributed by atoms with Crippen LogP contribution in [0, 0.1) is 12.8 Å². The predicted octanol–water partition coefficient (Wildman–Crippen LogP) is 2.98. The van der Waals surface area contributed by atoms with Crippen LogP contribution in [0.15, 0.2) is 45.6 Å². The predicted molar refractivity (Wildman–Crippen MR) is 113 cm³/mol. The van der Waals surface area contributed by atoms with Gasteiger partial charge in [0.1, 0.15) is 11.5 Å². The average molecular weight is 399 g/mol. The highest BCUT2D eigenvalue weighted by atomic mass is 16.5. The van der Waals surface area contributed by atoms with E-state index < -0.39 is 0 Å². The van der Waals surface area contributed by atoms with Crippen LogP contribution in [0.5, 0.6) is 5.75 Å². The second-order valence-electron chi connectivity index (χ2n) is 7.82. The molecule has 1 saturated heterocycles. The minimum Gasteiger partial charge on any atom is -0.496 e. The topological polar surface area (TPSA) is 63.0 Å². The number of benzene rings is 1. The summed E-state index contributed by atoms with van der Waals surface area (Å²) in [5, 5.41) is 0. The van der Waals surface area contributed by atoms with Crippen LogP contribution in [0.4, 0.5) is 0 Å². The number of rotatable bonds is 7. The number of hydrogen-bond acceptors (Lipinski definition) is 5. The minimum atomic E-state index is -0.239. The number of ether oxygens (including phenoxy) is 1. The van der Waals surface area contributed by atoms with Crippen molar-refractivity contribution in [1.82, 2.24) is 9.80 Å². The summed E-state index contributed by atoms with van der Waals surface area (Å²) in [6.45, 7) is 5.35. The van der Waals surface area contributed by atoms with Gasteiger partial charge in [-0.2, -0.15) is 0 Å². The minimum absolute atomic E-state index is 0.112. The Morgan fingerprint density at radius 2 is 2.10 bits per heavy atom. The van der Waals surface area contributed by atoms with E-state index in [-0.39, 0.29) is 17.1 Å². The van der Waals surface area contributed by atoms with Crippen LogP contribution >= 0.6 is 0 Å². The Bertz CT molecular complexity index is 892. The van der Waals surface area contributed by atoms with E-state index in [0.29, 0.717) is 18.2 Å². The Kier molecular flexibility index (Phi) is 7.09. The lowest BCUT2D eigenvalue weighted by atomic mass is 9.97. The van der Waals surface area contributed by atoms with Crippen LogP contribution in [-0.2, 0) is 6.42 Å². The molecule has 156 valence electrons. The van der Waals surface area contributed by atoms with Gasteiger partial charge in [-0.1, -0.05) is 18.2 Å². The first-order chi connectivity index (χ1) is 14.0. The van der Waals surface area contributed by atoms with E-state index in [1.165, 1.54) is 17.7 Å². The van der Waals surface area contributed by atoms with Crippen molar-refractivity contribution < 1.29 is 13.9 Å². The second kappa shape index (κ2) is 9.74. The van der Waals surface area contributed by atoms with Gasteiger partial charge in [-0.25, -0.2) is 0 Å². The molecular weight excluding hydrogens is 368 g/mol. The van der Waals surface area contributed by atoms with Crippen LogP contribution < -0.4 is 10.2 Å². The van der Waals surface area contributed by atoms with Crippen LogP contribution in [0.2, 0.25) is 0 Å². The molecule has 1 aromatic heterocycles. The first kappa shape index (κ1) is 21.1. The Hall–Kier alpha value is -2.60. The van der Waals surface area contributed by atoms with Gasteiger partial charge in [0.15, 0.2) is 11.2 Å². The summed E-state index contributed by atoms with van der Waals surface area (Å²) >= 11 is 0. The molecule has 0 spiro atoms. The van der Waals surface area contributed by atoms with E-state index in [2.05, 4.69) is 11.0 Å². The number of carbonyl (C=O) groups is 1. The fraction of sp³-hybridized carbons (Fsp3) is 0.478. The lowest BCUT2D eigenvalue weighted by molar-refractivity contribution is 0.0695. The molecule has 0 bridgehead atoms. The monoisotopic (exact) mass is 398 g/mol. The molecule has 0 aliphatic carbocycles. The SMILES string of the molecule is COc1ccccc1CCN1CCCC(CN(C)C(=O)c2cc(=O)cc(C)o2)C1. The molecule has 3 rings (SSSR count). The quantitative estimate of drug-likeness (QED) is 0.718. The standard InChI is InChI=1S/C23H30N2O4/c1-17-13-20(26)14-22(29-17)23(27)24(2)15-18-7-6-11-25(16-18)12-10-19-8-4-5-9-21(19)28-3/h4-5,8-9,13-14,18H,6-7,10-12,15-16H2,1-3H3. The Morgan fingerprint density at radius 1 is 1.31 bits per heavy atom. The smallest absolute Gasteiger partial charge is 0.289 e. The van der Waals surface area contributed by atoms with Crippen molar-refractivity contribution in [2.75, 3.05) is 40.3 Å². The maximum Gasteiger partial charge on any atom is 0.289 e. The van der Waals surface area contributed by atoms with Gasteiger partial charge in [-0.3, -0.25) is 9.59 Å². The van der Waals surface area contributed by atoms with Gasteiger partial charge in [0, 0.05) is 38.8 Å². The summed E-state index contributed by atoms with van der Waals surface area (Å²) in [4.78, 5) is 28.4. The van der Waals surface area contributed by atoms with Crippen molar-refractivity contribution in [3.05, 3.63) is 63.7 Å². The summed E-state index contributed by atoms with van der Waals surface area (Å²) in [6, 6.07) is 10.8. The van der Waals surface area contributed by atoms with Crippen molar-refractivity contribution in [2.45, 2.75) is 26.2 Å². The number of amides is 1. The van der Waals surface area contributed by atoms with E-state index in [9.17, 15) is 9.59 Å². The summed E-state index contributed by atoms with van der Waals surface area (Å²) in [7, 11) is 3.48. The van der Waals surface area contributed by atoms with Crippen molar-refractivity contribution in [3.8, 4) is 5.75 Å². The van der Waals surface area contributed by atoms with Gasteiger partial charge in [-0.05, 0) is 50.3 Å². The molecular formula is C23H30N2O4. The zero-order valence-corrected chi connectivity index (χ0v) is 17.5. The molecule has 2 aromatic rings. The molecule has 1 unspecified atom stereocenters. The third-order valence-corrected chi connectivity index (χ3v) is 5.47. The lowest BCUT2D eigenvalue weighted by Crippen LogP contribution is -2.42. The highest BCUT2D eigenvalue weighted by Gasteiger charge is 2.24. The number of hydrogen-bond donors (Lipinski definition) is 0. The van der Waals surface area contributed by atoms with Crippen molar-refractivity contribution in [2.24, 2.45) is 5.92 Å². The molecule has 1 aliphatic heterocycles. The zero-order valence-electron chi connectivity index (χ0n) is 17.5. The number of para-hydroxylation sites is 1. The highest BCUT2D eigenvalue weighted by Crippen LogP contribution is 2.21. The first-order valence-corrected chi connectivity index (χ1v) is 10.2. The van der Waals surface area contributed by atoms with Crippen LogP contribution in [0.3, 0.4) is 0 Å². The highest BCUT2D eigenvalue weighted by molar-refractivity contribution is 5.91. The number of methoxy groups -OCH3 is 1. The molecule has 1 fully saturated rings. The Morgan fingerprint density at radius 3 is 2.86 bits per heavy atom. The lowest BCUT2D eigenvalue weighted by Gasteiger charge is -2.34. The molecule has 0 N–H and O–H groups in total. The summed E-state index contributed by atoms with van der Waals surface area (Å²) in [5.41, 5.74) is 1.02. The van der Waals surface area contributed by atoms with Gasteiger partial charge in [0.25, 0.3) is 5.91 Å². The van der Waals surface area contributed by atoms with Crippen molar-refractivity contribution in [3.63, 3.8) is 0 Å². The first-order valence-electron chi connectivity index (χ1n) is 10.2. The Labute approximate surface area is 172 Å². The summed E-state index contributed by atoms with van der Waals surface area (Å²) in [6.07, 6.45) is 3.17. The summed E-state index contributed by atoms with van der Waals surface area (Å²) < 4.78 is 10.9. The number of carbonyl (C=O) groups excluding carboxylic acids is 1. The summed E-state index contributed by atoms with van der Waals surface area (Å²) in [5.74, 6) is 1.67. The third kappa shape index (κ3) is 5.70. The maximum atomic E-state index is 12.7. The zero-order chi connectivity index (χ0) is 20.8. The van der Waals surface area contributed by atoms with Crippen molar-refractivity contribution >= 4 is 5.91 Å². The normalized spacial score (nSPS) is 17.1. The fourth-order valence-electron chi connectivity index (χ4n) is 4.06. The number of aryl methyl sites for hydroxylation is 1. The fourth-order valence-corrected chi connectivity index (χ4v) is 4.06. The van der Waals surface area contributed by atoms with E-state index >= 15 is 0 Å². The molecule has 29 heavy (non-hydrogen) atoms. The second-order valence-corrected chi connectivity index (χ2v) is 7.82. The molecule has 1 aliphatic rings. The maximum absolute atomic E-state index is 12.7. The number of likely N-dealkylation sites (tertiary alicyclic amines) is 1. The van der Waals surface area contributed by atoms with Gasteiger partial charge < -0.3 is 19.0 Å². The van der Waals surface area contributed by atoms with Gasteiger partial charge >= 0.3 is 0 Å². The van der Waals surface area contributed by atoms with Gasteiger partial charge in [-0.15, -0.1) is 0 Å². The van der Waals surface area contributed by atoms with E-state index in [1.54, 1.807) is 26.0 Å². The molecule has 1 aromatic carbocycles. The van der Waals surface area contributed by atoms with E-state index in [0.717, 1.165) is 44.6 Å². The molecule has 0 radical (unpaired) electrons. The molecule has 6 nitrogen and oxygen atoms in total. The molecule has 0 saturated carbocycles. The third-order valence-electron chi connectivity index (χ3n) is 5.47. The van der Waals surface area contributed by atoms with Crippen LogP contribution in [-0.4, -0.2) is 56.0 Å². The van der Waals surface area contributed by atoms with Crippen LogP contribution in [0.1, 0.15) is 34.7 Å². The van der Waals surface area contributed by atoms with Crippen LogP contribution in [0.25, 0.3) is 0 Å². The molecule has 6 heteroatoms. The largest absolute Gasteiger partial charge is 0.496 e. The Balaban J connectivity index is 1.55. The van der Waals surface area contributed by atoms with Gasteiger partial charge in [0.05, 0.1) is 7.11 Å². The van der Waals surface area contributed by atoms with E-state index in [4.69, 9.17) is 9.15 Å². The number of nitrogens with zero attached hydrogens (tertiary/aromatic N) is 2. The van der Waals surface area contributed by atoms with Gasteiger partial charge in [0.2, 0.25) is 0 Å². The molecule has 1 atom stereocenters. The molecule has 2 heterocycles. The van der Waals surface area contributed by atoms with E-state index in [1.807, 2.05) is 18.2 Å². The van der Waals surface area contributed by atoms with Crippen molar-refractivity contribution in [1.29, 1.82) is 0 Å². The number of piperidine rings is 1.